The second kappa shape index (κ2) is 9.70. The quantitative estimate of drug-likeness (QED) is 0.290. The summed E-state index contributed by atoms with van der Waals surface area (Å²) < 4.78 is 1.96. The van der Waals surface area contributed by atoms with E-state index in [1.807, 2.05) is 42.0 Å². The number of halogens is 1. The van der Waals surface area contributed by atoms with Crippen molar-refractivity contribution in [2.75, 3.05) is 5.32 Å². The maximum absolute atomic E-state index is 14.3. The van der Waals surface area contributed by atoms with Crippen LogP contribution in [0.2, 0.25) is 5.02 Å². The molecule has 8 heteroatoms. The Morgan fingerprint density at radius 2 is 1.74 bits per heavy atom. The van der Waals surface area contributed by atoms with Gasteiger partial charge in [-0.15, -0.1) is 0 Å². The predicted molar refractivity (Wildman–Crippen MR) is 155 cm³/mol. The lowest BCUT2D eigenvalue weighted by atomic mass is 9.83. The Kier molecular flexibility index (Phi) is 6.14. The summed E-state index contributed by atoms with van der Waals surface area (Å²) in [6.45, 7) is 1.91. The molecule has 0 saturated heterocycles. The number of pyridine rings is 1. The zero-order valence-corrected chi connectivity index (χ0v) is 23.0. The highest BCUT2D eigenvalue weighted by molar-refractivity contribution is 6.33. The van der Waals surface area contributed by atoms with E-state index >= 15 is 0 Å². The summed E-state index contributed by atoms with van der Waals surface area (Å²) in [5.74, 6) is 0.617. The molecule has 39 heavy (non-hydrogen) atoms. The van der Waals surface area contributed by atoms with Crippen molar-refractivity contribution in [3.8, 4) is 22.4 Å². The fraction of sp³-hybridized carbons (Fsp3) is 0.452. The first-order chi connectivity index (χ1) is 19.0. The molecule has 0 radical (unpaired) electrons. The molecule has 3 aliphatic carbocycles. The number of aromatic nitrogens is 5. The van der Waals surface area contributed by atoms with Crippen LogP contribution in [0.4, 0.5) is 5.95 Å². The molecule has 7 rings (SSSR count). The van der Waals surface area contributed by atoms with Crippen molar-refractivity contribution < 1.29 is 0 Å². The van der Waals surface area contributed by atoms with Gasteiger partial charge in [0.15, 0.2) is 0 Å². The monoisotopic (exact) mass is 540 g/mol. The van der Waals surface area contributed by atoms with Gasteiger partial charge in [-0.3, -0.25) is 14.3 Å². The van der Waals surface area contributed by atoms with E-state index in [9.17, 15) is 4.79 Å². The van der Waals surface area contributed by atoms with Crippen LogP contribution in [-0.2, 0) is 0 Å². The third kappa shape index (κ3) is 4.71. The van der Waals surface area contributed by atoms with Gasteiger partial charge in [-0.1, -0.05) is 36.6 Å². The molecule has 200 valence electrons. The third-order valence-electron chi connectivity index (χ3n) is 9.11. The molecule has 0 bridgehead atoms. The number of hydrogen-bond acceptors (Lipinski definition) is 6. The molecule has 1 N–H and O–H groups in total. The van der Waals surface area contributed by atoms with Crippen molar-refractivity contribution in [1.82, 2.24) is 24.5 Å². The summed E-state index contributed by atoms with van der Waals surface area (Å²) in [5, 5.41) is 4.89. The van der Waals surface area contributed by atoms with Gasteiger partial charge >= 0.3 is 0 Å². The number of nitrogens with one attached hydrogen (secondary N) is 1. The molecule has 1 spiro atoms. The van der Waals surface area contributed by atoms with Gasteiger partial charge < -0.3 is 5.32 Å². The van der Waals surface area contributed by atoms with Gasteiger partial charge in [0.05, 0.1) is 17.6 Å². The summed E-state index contributed by atoms with van der Waals surface area (Å²) >= 11 is 6.84. The minimum Gasteiger partial charge on any atom is -0.351 e. The largest absolute Gasteiger partial charge is 0.351 e. The molecule has 0 amide bonds. The molecule has 0 aliphatic heterocycles. The second-order valence-electron chi connectivity index (χ2n) is 11.8. The van der Waals surface area contributed by atoms with Crippen molar-refractivity contribution in [1.29, 1.82) is 0 Å². The number of rotatable bonds is 5. The lowest BCUT2D eigenvalue weighted by molar-refractivity contribution is 0.258. The first-order valence-corrected chi connectivity index (χ1v) is 14.6. The van der Waals surface area contributed by atoms with Gasteiger partial charge in [0.2, 0.25) is 5.95 Å². The third-order valence-corrected chi connectivity index (χ3v) is 9.42. The molecule has 3 heterocycles. The summed E-state index contributed by atoms with van der Waals surface area (Å²) in [6.07, 6.45) is 17.1. The fourth-order valence-electron chi connectivity index (χ4n) is 6.62. The highest BCUT2D eigenvalue weighted by atomic mass is 35.5. The first kappa shape index (κ1) is 24.7. The van der Waals surface area contributed by atoms with E-state index in [0.717, 1.165) is 53.7 Å². The molecular formula is C31H33ClN6O. The molecule has 3 aromatic heterocycles. The average molecular weight is 541 g/mol. The Hall–Kier alpha value is -3.32. The summed E-state index contributed by atoms with van der Waals surface area (Å²) in [5.41, 5.74) is 4.99. The standard InChI is InChI=1S/C31H33ClN6O/c1-19-16-33-18-27(35-19)20-6-7-24(26(32)15-20)25-14-21-17-34-30(36-22-4-2-3-5-22)37-28(21)38(29(25)39)23-8-10-31(11-9-23)12-13-31/h6-7,14-18,22-23H,2-5,8-13H2,1H3,(H,34,36,37). The van der Waals surface area contributed by atoms with Crippen LogP contribution in [-0.4, -0.2) is 30.5 Å². The van der Waals surface area contributed by atoms with E-state index < -0.39 is 0 Å². The Balaban J connectivity index is 1.32. The summed E-state index contributed by atoms with van der Waals surface area (Å²) in [6, 6.07) is 8.19. The lowest BCUT2D eigenvalue weighted by Gasteiger charge is -2.30. The lowest BCUT2D eigenvalue weighted by Crippen LogP contribution is -2.30. The zero-order valence-electron chi connectivity index (χ0n) is 22.3. The molecule has 4 aromatic rings. The maximum atomic E-state index is 14.3. The van der Waals surface area contributed by atoms with Crippen LogP contribution in [0.3, 0.4) is 0 Å². The van der Waals surface area contributed by atoms with Crippen LogP contribution in [0.5, 0.6) is 0 Å². The fourth-order valence-corrected chi connectivity index (χ4v) is 6.90. The van der Waals surface area contributed by atoms with Gasteiger partial charge in [0, 0.05) is 51.6 Å². The van der Waals surface area contributed by atoms with Gasteiger partial charge in [0.1, 0.15) is 5.65 Å². The topological polar surface area (TPSA) is 85.6 Å². The molecular weight excluding hydrogens is 508 g/mol. The van der Waals surface area contributed by atoms with Gasteiger partial charge in [0.25, 0.3) is 5.56 Å². The van der Waals surface area contributed by atoms with E-state index in [4.69, 9.17) is 16.6 Å². The maximum Gasteiger partial charge on any atom is 0.260 e. The molecule has 3 fully saturated rings. The number of aryl methyl sites for hydroxylation is 1. The van der Waals surface area contributed by atoms with E-state index in [-0.39, 0.29) is 11.6 Å². The Bertz CT molecular complexity index is 1610. The van der Waals surface area contributed by atoms with Crippen LogP contribution < -0.4 is 10.9 Å². The van der Waals surface area contributed by atoms with Crippen LogP contribution in [0.25, 0.3) is 33.4 Å². The van der Waals surface area contributed by atoms with Crippen molar-refractivity contribution >= 4 is 28.6 Å². The Labute approximate surface area is 233 Å². The van der Waals surface area contributed by atoms with Crippen molar-refractivity contribution in [3.63, 3.8) is 0 Å². The molecule has 0 atom stereocenters. The highest BCUT2D eigenvalue weighted by Crippen LogP contribution is 2.57. The molecule has 0 unspecified atom stereocenters. The second-order valence-corrected chi connectivity index (χ2v) is 12.2. The Morgan fingerprint density at radius 1 is 0.949 bits per heavy atom. The molecule has 1 aromatic carbocycles. The number of hydrogen-bond donors (Lipinski definition) is 1. The van der Waals surface area contributed by atoms with Crippen LogP contribution >= 0.6 is 11.6 Å². The van der Waals surface area contributed by atoms with E-state index in [1.165, 1.54) is 38.5 Å². The number of benzene rings is 1. The molecule has 3 aliphatic rings. The van der Waals surface area contributed by atoms with E-state index in [1.54, 1.807) is 12.4 Å². The predicted octanol–water partition coefficient (Wildman–Crippen LogP) is 7.13. The number of fused-ring (bicyclic) bond motifs is 1. The summed E-state index contributed by atoms with van der Waals surface area (Å²) in [4.78, 5) is 32.7. The normalized spacial score (nSPS) is 19.1. The smallest absolute Gasteiger partial charge is 0.260 e. The van der Waals surface area contributed by atoms with Gasteiger partial charge in [-0.2, -0.15) is 4.98 Å². The van der Waals surface area contributed by atoms with Crippen LogP contribution in [0.1, 0.15) is 75.9 Å². The first-order valence-electron chi connectivity index (χ1n) is 14.3. The minimum atomic E-state index is -0.0326. The number of nitrogens with zero attached hydrogens (tertiary/aromatic N) is 5. The van der Waals surface area contributed by atoms with Gasteiger partial charge in [-0.25, -0.2) is 9.97 Å². The SMILES string of the molecule is Cc1cncc(-c2ccc(-c3cc4cnc(NC5CCCC5)nc4n(C4CCC5(CC4)CC5)c3=O)c(Cl)c2)n1. The van der Waals surface area contributed by atoms with Crippen LogP contribution in [0, 0.1) is 12.3 Å². The Morgan fingerprint density at radius 3 is 2.46 bits per heavy atom. The van der Waals surface area contributed by atoms with Crippen molar-refractivity contribution in [2.24, 2.45) is 5.41 Å². The van der Waals surface area contributed by atoms with Gasteiger partial charge in [-0.05, 0) is 75.8 Å². The zero-order chi connectivity index (χ0) is 26.6. The van der Waals surface area contributed by atoms with E-state index in [0.29, 0.717) is 33.6 Å². The van der Waals surface area contributed by atoms with E-state index in [2.05, 4.69) is 20.3 Å². The van der Waals surface area contributed by atoms with Crippen LogP contribution in [0.15, 0.2) is 47.7 Å². The highest BCUT2D eigenvalue weighted by Gasteiger charge is 2.45. The molecule has 3 saturated carbocycles. The summed E-state index contributed by atoms with van der Waals surface area (Å²) in [7, 11) is 0. The molecule has 7 nitrogen and oxygen atoms in total. The average Bonchev–Trinajstić information content (AvgIpc) is 3.49. The van der Waals surface area contributed by atoms with Crippen molar-refractivity contribution in [2.45, 2.75) is 83.2 Å². The minimum absolute atomic E-state index is 0.0326. The van der Waals surface area contributed by atoms with Crippen molar-refractivity contribution in [3.05, 3.63) is 63.9 Å². The number of anilines is 1.